The standard InChI is InChI=1S/C16H32N2O/c1-4-17-15-13(8-9-16(15,2)3)12-18(10-11-19)14-6-5-7-14/h13-15,17,19H,4-12H2,1-3H3. The van der Waals surface area contributed by atoms with E-state index in [2.05, 4.69) is 31.0 Å². The van der Waals surface area contributed by atoms with Gasteiger partial charge >= 0.3 is 0 Å². The molecule has 19 heavy (non-hydrogen) atoms. The lowest BCUT2D eigenvalue weighted by Gasteiger charge is -2.40. The summed E-state index contributed by atoms with van der Waals surface area (Å²) in [6, 6.07) is 1.39. The number of aliphatic hydroxyl groups is 1. The predicted molar refractivity (Wildman–Crippen MR) is 80.3 cm³/mol. The van der Waals surface area contributed by atoms with Crippen LogP contribution in [-0.2, 0) is 0 Å². The highest BCUT2D eigenvalue weighted by atomic mass is 16.3. The van der Waals surface area contributed by atoms with Crippen LogP contribution in [0, 0.1) is 11.3 Å². The molecule has 3 nitrogen and oxygen atoms in total. The highest BCUT2D eigenvalue weighted by Crippen LogP contribution is 2.42. The Balaban J connectivity index is 1.95. The van der Waals surface area contributed by atoms with Gasteiger partial charge in [-0.3, -0.25) is 4.90 Å². The lowest BCUT2D eigenvalue weighted by atomic mass is 9.84. The number of rotatable bonds is 7. The average molecular weight is 268 g/mol. The molecule has 0 aromatic rings. The fourth-order valence-corrected chi connectivity index (χ4v) is 3.98. The van der Waals surface area contributed by atoms with Crippen LogP contribution >= 0.6 is 0 Å². The van der Waals surface area contributed by atoms with Crippen LogP contribution in [0.2, 0.25) is 0 Å². The number of nitrogens with zero attached hydrogens (tertiary/aromatic N) is 1. The van der Waals surface area contributed by atoms with Gasteiger partial charge in [-0.05, 0) is 43.6 Å². The first-order chi connectivity index (χ1) is 9.08. The van der Waals surface area contributed by atoms with Gasteiger partial charge in [0.2, 0.25) is 0 Å². The van der Waals surface area contributed by atoms with Crippen LogP contribution in [-0.4, -0.2) is 48.3 Å². The van der Waals surface area contributed by atoms with Crippen LogP contribution in [0.25, 0.3) is 0 Å². The van der Waals surface area contributed by atoms with Gasteiger partial charge in [0.25, 0.3) is 0 Å². The Bertz CT molecular complexity index is 276. The highest BCUT2D eigenvalue weighted by molar-refractivity contribution is 4.97. The molecule has 3 heteroatoms. The van der Waals surface area contributed by atoms with E-state index in [-0.39, 0.29) is 0 Å². The molecular weight excluding hydrogens is 236 g/mol. The zero-order chi connectivity index (χ0) is 13.9. The van der Waals surface area contributed by atoms with E-state index in [9.17, 15) is 5.11 Å². The van der Waals surface area contributed by atoms with Crippen molar-refractivity contribution in [3.05, 3.63) is 0 Å². The summed E-state index contributed by atoms with van der Waals surface area (Å²) >= 11 is 0. The van der Waals surface area contributed by atoms with E-state index in [1.807, 2.05) is 0 Å². The van der Waals surface area contributed by atoms with Gasteiger partial charge in [-0.15, -0.1) is 0 Å². The molecular formula is C16H32N2O. The SMILES string of the molecule is CCNC1C(CN(CCO)C2CCC2)CCC1(C)C. The van der Waals surface area contributed by atoms with E-state index in [0.717, 1.165) is 25.0 Å². The molecule has 112 valence electrons. The molecule has 2 atom stereocenters. The zero-order valence-corrected chi connectivity index (χ0v) is 13.0. The molecule has 0 aromatic heterocycles. The van der Waals surface area contributed by atoms with Crippen molar-refractivity contribution in [1.29, 1.82) is 0 Å². The van der Waals surface area contributed by atoms with Gasteiger partial charge in [0.15, 0.2) is 0 Å². The Hall–Kier alpha value is -0.120. The monoisotopic (exact) mass is 268 g/mol. The largest absolute Gasteiger partial charge is 0.395 e. The maximum Gasteiger partial charge on any atom is 0.0558 e. The summed E-state index contributed by atoms with van der Waals surface area (Å²) in [6.45, 7) is 10.4. The fourth-order valence-electron chi connectivity index (χ4n) is 3.98. The third-order valence-electron chi connectivity index (χ3n) is 5.34. The van der Waals surface area contributed by atoms with E-state index >= 15 is 0 Å². The Morgan fingerprint density at radius 3 is 2.53 bits per heavy atom. The molecule has 0 spiro atoms. The normalized spacial score (nSPS) is 30.8. The van der Waals surface area contributed by atoms with Gasteiger partial charge in [-0.1, -0.05) is 27.2 Å². The molecule has 2 aliphatic rings. The third kappa shape index (κ3) is 3.50. The van der Waals surface area contributed by atoms with E-state index in [1.54, 1.807) is 0 Å². The molecule has 2 rings (SSSR count). The van der Waals surface area contributed by atoms with Crippen molar-refractivity contribution < 1.29 is 5.11 Å². The van der Waals surface area contributed by atoms with Crippen LogP contribution < -0.4 is 5.32 Å². The summed E-state index contributed by atoms with van der Waals surface area (Å²) in [5.74, 6) is 0.752. The first-order valence-corrected chi connectivity index (χ1v) is 8.16. The second kappa shape index (κ2) is 6.55. The van der Waals surface area contributed by atoms with E-state index < -0.39 is 0 Å². The molecule has 2 saturated carbocycles. The minimum Gasteiger partial charge on any atom is -0.395 e. The fraction of sp³-hybridized carbons (Fsp3) is 1.00. The Labute approximate surface area is 118 Å². The van der Waals surface area contributed by atoms with E-state index in [1.165, 1.54) is 38.6 Å². The zero-order valence-electron chi connectivity index (χ0n) is 13.0. The summed E-state index contributed by atoms with van der Waals surface area (Å²) in [6.07, 6.45) is 6.70. The Morgan fingerprint density at radius 2 is 2.00 bits per heavy atom. The summed E-state index contributed by atoms with van der Waals surface area (Å²) in [4.78, 5) is 2.56. The molecule has 0 radical (unpaired) electrons. The van der Waals surface area contributed by atoms with Crippen LogP contribution in [0.15, 0.2) is 0 Å². The number of hydrogen-bond donors (Lipinski definition) is 2. The number of nitrogens with one attached hydrogen (secondary N) is 1. The summed E-state index contributed by atoms with van der Waals surface area (Å²) in [5.41, 5.74) is 0.422. The smallest absolute Gasteiger partial charge is 0.0558 e. The second-order valence-corrected chi connectivity index (χ2v) is 7.13. The predicted octanol–water partition coefficient (Wildman–Crippen LogP) is 2.25. The first-order valence-electron chi connectivity index (χ1n) is 8.16. The van der Waals surface area contributed by atoms with Crippen LogP contribution in [0.1, 0.15) is 52.9 Å². The van der Waals surface area contributed by atoms with Crippen molar-refractivity contribution in [2.45, 2.75) is 65.0 Å². The van der Waals surface area contributed by atoms with Crippen molar-refractivity contribution in [1.82, 2.24) is 10.2 Å². The van der Waals surface area contributed by atoms with Crippen LogP contribution in [0.5, 0.6) is 0 Å². The maximum absolute atomic E-state index is 9.29. The Morgan fingerprint density at radius 1 is 1.26 bits per heavy atom. The highest BCUT2D eigenvalue weighted by Gasteiger charge is 2.42. The number of hydrogen-bond acceptors (Lipinski definition) is 3. The topological polar surface area (TPSA) is 35.5 Å². The molecule has 0 saturated heterocycles. The Kier molecular flexibility index (Phi) is 5.27. The van der Waals surface area contributed by atoms with Crippen molar-refractivity contribution in [3.63, 3.8) is 0 Å². The molecule has 0 bridgehead atoms. The van der Waals surface area contributed by atoms with Crippen molar-refractivity contribution in [2.75, 3.05) is 26.2 Å². The molecule has 0 aromatic carbocycles. The average Bonchev–Trinajstić information content (AvgIpc) is 2.55. The van der Waals surface area contributed by atoms with Gasteiger partial charge < -0.3 is 10.4 Å². The molecule has 0 aliphatic heterocycles. The molecule has 2 aliphatic carbocycles. The molecule has 0 amide bonds. The van der Waals surface area contributed by atoms with E-state index in [0.29, 0.717) is 18.1 Å². The van der Waals surface area contributed by atoms with E-state index in [4.69, 9.17) is 0 Å². The minimum absolute atomic E-state index is 0.304. The number of aliphatic hydroxyl groups excluding tert-OH is 1. The maximum atomic E-state index is 9.29. The molecule has 0 heterocycles. The third-order valence-corrected chi connectivity index (χ3v) is 5.34. The van der Waals surface area contributed by atoms with Gasteiger partial charge in [0.05, 0.1) is 6.61 Å². The van der Waals surface area contributed by atoms with Gasteiger partial charge in [0.1, 0.15) is 0 Å². The molecule has 2 unspecified atom stereocenters. The molecule has 2 fully saturated rings. The van der Waals surface area contributed by atoms with Gasteiger partial charge in [-0.2, -0.15) is 0 Å². The first kappa shape index (κ1) is 15.3. The lowest BCUT2D eigenvalue weighted by Crippen LogP contribution is -2.49. The lowest BCUT2D eigenvalue weighted by molar-refractivity contribution is 0.0765. The van der Waals surface area contributed by atoms with Gasteiger partial charge in [-0.25, -0.2) is 0 Å². The second-order valence-electron chi connectivity index (χ2n) is 7.13. The summed E-state index contributed by atoms with van der Waals surface area (Å²) in [5, 5.41) is 13.0. The quantitative estimate of drug-likeness (QED) is 0.743. The summed E-state index contributed by atoms with van der Waals surface area (Å²) in [7, 11) is 0. The molecule has 2 N–H and O–H groups in total. The van der Waals surface area contributed by atoms with Gasteiger partial charge in [0, 0.05) is 25.2 Å². The van der Waals surface area contributed by atoms with Crippen LogP contribution in [0.3, 0.4) is 0 Å². The minimum atomic E-state index is 0.304. The van der Waals surface area contributed by atoms with Crippen LogP contribution in [0.4, 0.5) is 0 Å². The van der Waals surface area contributed by atoms with Crippen molar-refractivity contribution in [2.24, 2.45) is 11.3 Å². The van der Waals surface area contributed by atoms with Crippen molar-refractivity contribution in [3.8, 4) is 0 Å². The summed E-state index contributed by atoms with van der Waals surface area (Å²) < 4.78 is 0. The van der Waals surface area contributed by atoms with Crippen molar-refractivity contribution >= 4 is 0 Å².